The summed E-state index contributed by atoms with van der Waals surface area (Å²) in [7, 11) is 0. The predicted molar refractivity (Wildman–Crippen MR) is 185 cm³/mol. The topological polar surface area (TPSA) is 150 Å². The predicted octanol–water partition coefficient (Wildman–Crippen LogP) is 4.68. The van der Waals surface area contributed by atoms with Gasteiger partial charge in [-0.1, -0.05) is 34.1 Å². The van der Waals surface area contributed by atoms with Crippen LogP contribution in [-0.2, 0) is 10.4 Å². The number of amidine groups is 2. The summed E-state index contributed by atoms with van der Waals surface area (Å²) in [6.45, 7) is 13.9. The number of aromatic nitrogens is 4. The summed E-state index contributed by atoms with van der Waals surface area (Å²) < 4.78 is 1.46. The Kier molecular flexibility index (Phi) is 8.14. The quantitative estimate of drug-likeness (QED) is 0.174. The lowest BCUT2D eigenvalue weighted by Gasteiger charge is -2.32. The van der Waals surface area contributed by atoms with Gasteiger partial charge in [-0.3, -0.25) is 19.4 Å². The largest absolute Gasteiger partial charge is 0.714 e. The second-order valence-electron chi connectivity index (χ2n) is 14.2. The summed E-state index contributed by atoms with van der Waals surface area (Å²) in [5.41, 5.74) is 0.159. The van der Waals surface area contributed by atoms with Gasteiger partial charge in [0.25, 0.3) is 0 Å². The molecule has 0 bridgehead atoms. The van der Waals surface area contributed by atoms with E-state index in [-0.39, 0.29) is 23.1 Å². The molecule has 4 aromatic rings. The van der Waals surface area contributed by atoms with E-state index in [0.717, 1.165) is 19.6 Å². The molecule has 50 heavy (non-hydrogen) atoms. The maximum Gasteiger partial charge on any atom is 0.335 e. The Morgan fingerprint density at radius 3 is 1.22 bits per heavy atom. The number of hydroxylamine groups is 6. The molecular weight excluding hydrogens is 632 g/mol. The molecule has 4 aromatic heterocycles. The van der Waals surface area contributed by atoms with Crippen LogP contribution < -0.4 is 0 Å². The SMILES string of the molecule is CC1(C)N([O])C(c2cccc(C#Cc3ccc(-c4ccc(C#Cc5cccc(C6=[N+]([O-])C(C)(C)C(C)(C)N6[O])n5)cn4)nc3)n2)=[N+]([O-])C1(C)C. The van der Waals surface area contributed by atoms with Crippen molar-refractivity contribution in [1.29, 1.82) is 0 Å². The van der Waals surface area contributed by atoms with Crippen molar-refractivity contribution in [2.45, 2.75) is 77.5 Å². The zero-order chi connectivity index (χ0) is 36.2. The molecule has 12 nitrogen and oxygen atoms in total. The zero-order valence-electron chi connectivity index (χ0n) is 29.1. The molecule has 0 unspecified atom stereocenters. The lowest BCUT2D eigenvalue weighted by Crippen LogP contribution is -2.53. The number of hydrogen-bond donors (Lipinski definition) is 0. The van der Waals surface area contributed by atoms with Crippen LogP contribution >= 0.6 is 0 Å². The molecule has 6 heterocycles. The summed E-state index contributed by atoms with van der Waals surface area (Å²) in [5.74, 6) is 12.0. The van der Waals surface area contributed by atoms with Gasteiger partial charge in [0, 0.05) is 33.9 Å². The third kappa shape index (κ3) is 5.49. The van der Waals surface area contributed by atoms with Gasteiger partial charge in [-0.2, -0.15) is 0 Å². The van der Waals surface area contributed by atoms with Gasteiger partial charge in [-0.25, -0.2) is 9.97 Å². The van der Waals surface area contributed by atoms with Gasteiger partial charge in [-0.05, 0) is 116 Å². The van der Waals surface area contributed by atoms with Crippen LogP contribution in [-0.4, -0.2) is 73.4 Å². The first-order valence-electron chi connectivity index (χ1n) is 16.0. The van der Waals surface area contributed by atoms with Crippen LogP contribution in [0.4, 0.5) is 0 Å². The Bertz CT molecular complexity index is 2020. The first kappa shape index (κ1) is 34.1. The minimum atomic E-state index is -0.941. The molecule has 0 N–H and O–H groups in total. The average Bonchev–Trinajstić information content (AvgIpc) is 3.30. The highest BCUT2D eigenvalue weighted by atomic mass is 16.5. The Morgan fingerprint density at radius 2 is 0.920 bits per heavy atom. The van der Waals surface area contributed by atoms with Crippen molar-refractivity contribution in [2.24, 2.45) is 0 Å². The molecule has 0 aliphatic carbocycles. The molecule has 0 saturated carbocycles. The standard InChI is InChI=1S/C38H36N8O4/c1-35(2)36(3,4)44(48)33(43(35)47)31-13-9-11-27(41-31)19-15-25-17-21-29(39-23-25)30-22-18-26(24-40-30)16-20-28-12-10-14-32(42-28)34-45(49)37(5,6)38(7,8)46(34)50/h9-14,17-18,21-24H,1-8H3. The molecular formula is C38H36N8O4. The summed E-state index contributed by atoms with van der Waals surface area (Å²) in [4.78, 5) is 18.0. The van der Waals surface area contributed by atoms with E-state index in [1.807, 2.05) is 24.3 Å². The van der Waals surface area contributed by atoms with Crippen molar-refractivity contribution in [3.63, 3.8) is 0 Å². The molecule has 0 saturated heterocycles. The maximum absolute atomic E-state index is 13.0. The van der Waals surface area contributed by atoms with Gasteiger partial charge in [0.1, 0.15) is 22.5 Å². The van der Waals surface area contributed by atoms with Crippen LogP contribution in [0.3, 0.4) is 0 Å². The zero-order valence-corrected chi connectivity index (χ0v) is 29.1. The van der Waals surface area contributed by atoms with Crippen LogP contribution in [0.5, 0.6) is 0 Å². The first-order chi connectivity index (χ1) is 23.5. The molecule has 0 aromatic carbocycles. The van der Waals surface area contributed by atoms with Gasteiger partial charge >= 0.3 is 11.7 Å². The molecule has 0 fully saturated rings. The molecule has 6 rings (SSSR count). The normalized spacial score (nSPS) is 18.4. The highest BCUT2D eigenvalue weighted by Gasteiger charge is 2.61. The second-order valence-corrected chi connectivity index (χ2v) is 14.2. The summed E-state index contributed by atoms with van der Waals surface area (Å²) >= 11 is 0. The number of rotatable bonds is 3. The van der Waals surface area contributed by atoms with Crippen molar-refractivity contribution < 1.29 is 19.9 Å². The van der Waals surface area contributed by atoms with Crippen molar-refractivity contribution in [3.05, 3.63) is 117 Å². The van der Waals surface area contributed by atoms with E-state index < -0.39 is 22.2 Å². The fraction of sp³-hybridized carbons (Fsp3) is 0.316. The van der Waals surface area contributed by atoms with Crippen LogP contribution in [0.2, 0.25) is 0 Å². The van der Waals surface area contributed by atoms with E-state index in [2.05, 4.69) is 43.6 Å². The molecule has 12 heteroatoms. The first-order valence-corrected chi connectivity index (χ1v) is 16.0. The molecule has 2 radical (unpaired) electrons. The van der Waals surface area contributed by atoms with Crippen molar-refractivity contribution in [3.8, 4) is 35.1 Å². The molecule has 252 valence electrons. The fourth-order valence-corrected chi connectivity index (χ4v) is 5.40. The van der Waals surface area contributed by atoms with Crippen LogP contribution in [0.15, 0.2) is 73.1 Å². The van der Waals surface area contributed by atoms with Gasteiger partial charge in [0.2, 0.25) is 0 Å². The third-order valence-corrected chi connectivity index (χ3v) is 10.2. The van der Waals surface area contributed by atoms with Gasteiger partial charge in [-0.15, -0.1) is 0 Å². The smallest absolute Gasteiger partial charge is 0.335 e. The summed E-state index contributed by atoms with van der Waals surface area (Å²) in [6.07, 6.45) is 3.26. The van der Waals surface area contributed by atoms with Crippen molar-refractivity contribution in [2.75, 3.05) is 0 Å². The van der Waals surface area contributed by atoms with Crippen molar-refractivity contribution in [1.82, 2.24) is 30.1 Å². The minimum Gasteiger partial charge on any atom is -0.714 e. The van der Waals surface area contributed by atoms with E-state index in [1.165, 1.54) is 0 Å². The highest BCUT2D eigenvalue weighted by molar-refractivity contribution is 5.95. The third-order valence-electron chi connectivity index (χ3n) is 10.2. The fourth-order valence-electron chi connectivity index (χ4n) is 5.40. The van der Waals surface area contributed by atoms with Crippen LogP contribution in [0.25, 0.3) is 11.4 Å². The molecule has 0 spiro atoms. The van der Waals surface area contributed by atoms with E-state index in [1.54, 1.807) is 104 Å². The maximum atomic E-state index is 13.0. The lowest BCUT2D eigenvalue weighted by molar-refractivity contribution is -0.540. The Labute approximate surface area is 291 Å². The van der Waals surface area contributed by atoms with Gasteiger partial charge < -0.3 is 10.4 Å². The Morgan fingerprint density at radius 1 is 0.540 bits per heavy atom. The molecule has 2 aliphatic heterocycles. The monoisotopic (exact) mass is 668 g/mol. The van der Waals surface area contributed by atoms with E-state index in [0.29, 0.717) is 33.9 Å². The average molecular weight is 669 g/mol. The van der Waals surface area contributed by atoms with E-state index in [4.69, 9.17) is 0 Å². The minimum absolute atomic E-state index is 0.0365. The number of nitrogens with zero attached hydrogens (tertiary/aromatic N) is 8. The lowest BCUT2D eigenvalue weighted by atomic mass is 9.84. The summed E-state index contributed by atoms with van der Waals surface area (Å²) in [6, 6.07) is 17.4. The van der Waals surface area contributed by atoms with Crippen LogP contribution in [0, 0.1) is 34.1 Å². The number of pyridine rings is 4. The van der Waals surface area contributed by atoms with Gasteiger partial charge in [0.15, 0.2) is 22.5 Å². The Hall–Kier alpha value is -5.82. The second kappa shape index (κ2) is 11.9. The van der Waals surface area contributed by atoms with Crippen molar-refractivity contribution >= 4 is 11.7 Å². The van der Waals surface area contributed by atoms with Crippen LogP contribution in [0.1, 0.15) is 89.3 Å². The molecule has 0 atom stereocenters. The number of hydrogen-bond acceptors (Lipinski definition) is 8. The summed E-state index contributed by atoms with van der Waals surface area (Å²) in [5, 5.41) is 53.6. The van der Waals surface area contributed by atoms with E-state index in [9.17, 15) is 20.8 Å². The molecule has 0 amide bonds. The van der Waals surface area contributed by atoms with E-state index >= 15 is 0 Å². The molecule has 2 aliphatic rings. The Balaban J connectivity index is 1.15. The highest BCUT2D eigenvalue weighted by Crippen LogP contribution is 2.38. The van der Waals surface area contributed by atoms with Gasteiger partial charge in [0.05, 0.1) is 11.4 Å².